The largest absolute Gasteiger partial charge is 0.341 e. The lowest BCUT2D eigenvalue weighted by Gasteiger charge is -2.28. The Kier molecular flexibility index (Phi) is 3.96. The Labute approximate surface area is 123 Å². The van der Waals surface area contributed by atoms with Gasteiger partial charge in [0.25, 0.3) is 0 Å². The Bertz CT molecular complexity index is 500. The standard InChI is InChI=1S/C15H18N2O2S/c18-14-10-12(15(19)16-6-8-20-9-7-16)11-17(14)13-4-2-1-3-5-13/h1-5,12H,6-11H2/t12-/m0/s1. The minimum Gasteiger partial charge on any atom is -0.341 e. The van der Waals surface area contributed by atoms with Gasteiger partial charge in [0.2, 0.25) is 11.8 Å². The third kappa shape index (κ3) is 2.68. The topological polar surface area (TPSA) is 40.6 Å². The first kappa shape index (κ1) is 13.5. The fraction of sp³-hybridized carbons (Fsp3) is 0.467. The number of para-hydroxylation sites is 1. The second-order valence-electron chi connectivity index (χ2n) is 5.18. The first-order valence-corrected chi connectivity index (χ1v) is 8.13. The molecule has 5 heteroatoms. The van der Waals surface area contributed by atoms with E-state index < -0.39 is 0 Å². The van der Waals surface area contributed by atoms with Gasteiger partial charge in [0.05, 0.1) is 5.92 Å². The molecule has 0 radical (unpaired) electrons. The highest BCUT2D eigenvalue weighted by molar-refractivity contribution is 7.99. The molecule has 2 amide bonds. The van der Waals surface area contributed by atoms with Crippen LogP contribution in [-0.2, 0) is 9.59 Å². The van der Waals surface area contributed by atoms with Crippen LogP contribution < -0.4 is 4.90 Å². The van der Waals surface area contributed by atoms with Crippen LogP contribution in [0.4, 0.5) is 5.69 Å². The third-order valence-corrected chi connectivity index (χ3v) is 4.81. The van der Waals surface area contributed by atoms with Crippen LogP contribution in [0.25, 0.3) is 0 Å². The number of benzene rings is 1. The van der Waals surface area contributed by atoms with Crippen molar-refractivity contribution in [2.45, 2.75) is 6.42 Å². The molecule has 4 nitrogen and oxygen atoms in total. The van der Waals surface area contributed by atoms with Gasteiger partial charge in [-0.3, -0.25) is 9.59 Å². The first-order valence-electron chi connectivity index (χ1n) is 6.97. The summed E-state index contributed by atoms with van der Waals surface area (Å²) in [5.41, 5.74) is 0.891. The summed E-state index contributed by atoms with van der Waals surface area (Å²) in [5, 5.41) is 0. The maximum atomic E-state index is 12.5. The predicted molar refractivity (Wildman–Crippen MR) is 80.8 cm³/mol. The van der Waals surface area contributed by atoms with E-state index in [9.17, 15) is 9.59 Å². The smallest absolute Gasteiger partial charge is 0.228 e. The van der Waals surface area contributed by atoms with Crippen molar-refractivity contribution >= 4 is 29.3 Å². The second kappa shape index (κ2) is 5.87. The van der Waals surface area contributed by atoms with E-state index in [4.69, 9.17) is 0 Å². The molecule has 0 N–H and O–H groups in total. The van der Waals surface area contributed by atoms with Crippen LogP contribution in [-0.4, -0.2) is 47.9 Å². The highest BCUT2D eigenvalue weighted by Crippen LogP contribution is 2.26. The van der Waals surface area contributed by atoms with Crippen molar-refractivity contribution in [1.29, 1.82) is 0 Å². The van der Waals surface area contributed by atoms with Gasteiger partial charge in [-0.15, -0.1) is 0 Å². The van der Waals surface area contributed by atoms with Crippen LogP contribution in [0, 0.1) is 5.92 Å². The van der Waals surface area contributed by atoms with E-state index >= 15 is 0 Å². The maximum Gasteiger partial charge on any atom is 0.228 e. The van der Waals surface area contributed by atoms with E-state index in [1.165, 1.54) is 0 Å². The highest BCUT2D eigenvalue weighted by atomic mass is 32.2. The number of hydrogen-bond acceptors (Lipinski definition) is 3. The summed E-state index contributed by atoms with van der Waals surface area (Å²) in [7, 11) is 0. The van der Waals surface area contributed by atoms with Crippen molar-refractivity contribution in [2.75, 3.05) is 36.0 Å². The fourth-order valence-electron chi connectivity index (χ4n) is 2.77. The molecular formula is C15H18N2O2S. The molecule has 20 heavy (non-hydrogen) atoms. The number of rotatable bonds is 2. The second-order valence-corrected chi connectivity index (χ2v) is 6.40. The average Bonchev–Trinajstić information content (AvgIpc) is 2.90. The molecule has 0 aromatic heterocycles. The molecule has 2 aliphatic rings. The van der Waals surface area contributed by atoms with Crippen LogP contribution >= 0.6 is 11.8 Å². The van der Waals surface area contributed by atoms with Crippen LogP contribution in [0.5, 0.6) is 0 Å². The zero-order valence-electron chi connectivity index (χ0n) is 11.3. The summed E-state index contributed by atoms with van der Waals surface area (Å²) in [5.74, 6) is 2.05. The van der Waals surface area contributed by atoms with Gasteiger partial charge in [-0.1, -0.05) is 18.2 Å². The van der Waals surface area contributed by atoms with E-state index in [-0.39, 0.29) is 17.7 Å². The minimum absolute atomic E-state index is 0.0564. The van der Waals surface area contributed by atoms with Gasteiger partial charge in [-0.2, -0.15) is 11.8 Å². The third-order valence-electron chi connectivity index (χ3n) is 3.86. The molecule has 0 aliphatic carbocycles. The number of hydrogen-bond donors (Lipinski definition) is 0. The van der Waals surface area contributed by atoms with Crippen molar-refractivity contribution in [2.24, 2.45) is 5.92 Å². The average molecular weight is 290 g/mol. The summed E-state index contributed by atoms with van der Waals surface area (Å²) >= 11 is 1.89. The van der Waals surface area contributed by atoms with E-state index in [0.717, 1.165) is 30.3 Å². The SMILES string of the molecule is O=C([C@H]1CC(=O)N(c2ccccc2)C1)N1CCSCC1. The normalized spacial score (nSPS) is 23.2. The van der Waals surface area contributed by atoms with E-state index in [1.54, 1.807) is 4.90 Å². The summed E-state index contributed by atoms with van der Waals surface area (Å²) < 4.78 is 0. The van der Waals surface area contributed by atoms with Gasteiger partial charge in [0.1, 0.15) is 0 Å². The number of carbonyl (C=O) groups is 2. The van der Waals surface area contributed by atoms with Crippen LogP contribution in [0.1, 0.15) is 6.42 Å². The van der Waals surface area contributed by atoms with Crippen molar-refractivity contribution in [3.05, 3.63) is 30.3 Å². The summed E-state index contributed by atoms with van der Waals surface area (Å²) in [6.07, 6.45) is 0.345. The van der Waals surface area contributed by atoms with Gasteiger partial charge in [-0.05, 0) is 12.1 Å². The molecule has 1 atom stereocenters. The molecular weight excluding hydrogens is 272 g/mol. The van der Waals surface area contributed by atoms with Crippen LogP contribution in [0.15, 0.2) is 30.3 Å². The lowest BCUT2D eigenvalue weighted by atomic mass is 10.1. The maximum absolute atomic E-state index is 12.5. The molecule has 0 bridgehead atoms. The molecule has 2 heterocycles. The van der Waals surface area contributed by atoms with Crippen molar-refractivity contribution in [3.8, 4) is 0 Å². The lowest BCUT2D eigenvalue weighted by Crippen LogP contribution is -2.42. The molecule has 3 rings (SSSR count). The van der Waals surface area contributed by atoms with Gasteiger partial charge in [0, 0.05) is 43.2 Å². The Morgan fingerprint density at radius 2 is 1.85 bits per heavy atom. The van der Waals surface area contributed by atoms with Crippen molar-refractivity contribution < 1.29 is 9.59 Å². The molecule has 2 fully saturated rings. The minimum atomic E-state index is -0.175. The zero-order valence-corrected chi connectivity index (χ0v) is 12.1. The number of thioether (sulfide) groups is 1. The van der Waals surface area contributed by atoms with Gasteiger partial charge in [-0.25, -0.2) is 0 Å². The molecule has 0 spiro atoms. The number of nitrogens with zero attached hydrogens (tertiary/aromatic N) is 2. The summed E-state index contributed by atoms with van der Waals surface area (Å²) in [6.45, 7) is 2.16. The Balaban J connectivity index is 1.68. The predicted octanol–water partition coefficient (Wildman–Crippen LogP) is 1.61. The zero-order chi connectivity index (χ0) is 13.9. The molecule has 2 aliphatic heterocycles. The van der Waals surface area contributed by atoms with Gasteiger partial charge >= 0.3 is 0 Å². The van der Waals surface area contributed by atoms with E-state index in [1.807, 2.05) is 47.0 Å². The van der Waals surface area contributed by atoms with E-state index in [2.05, 4.69) is 0 Å². The number of anilines is 1. The fourth-order valence-corrected chi connectivity index (χ4v) is 3.68. The molecule has 1 aromatic rings. The summed E-state index contributed by atoms with van der Waals surface area (Å²) in [4.78, 5) is 28.2. The summed E-state index contributed by atoms with van der Waals surface area (Å²) in [6, 6.07) is 9.60. The van der Waals surface area contributed by atoms with Gasteiger partial charge in [0.15, 0.2) is 0 Å². The van der Waals surface area contributed by atoms with Gasteiger partial charge < -0.3 is 9.80 Å². The first-order chi connectivity index (χ1) is 9.75. The highest BCUT2D eigenvalue weighted by Gasteiger charge is 2.37. The van der Waals surface area contributed by atoms with Crippen molar-refractivity contribution in [3.63, 3.8) is 0 Å². The Morgan fingerprint density at radius 3 is 2.55 bits per heavy atom. The number of carbonyl (C=O) groups excluding carboxylic acids is 2. The monoisotopic (exact) mass is 290 g/mol. The van der Waals surface area contributed by atoms with Crippen LogP contribution in [0.3, 0.4) is 0 Å². The van der Waals surface area contributed by atoms with Crippen molar-refractivity contribution in [1.82, 2.24) is 4.90 Å². The number of amides is 2. The quantitative estimate of drug-likeness (QED) is 0.831. The molecule has 2 saturated heterocycles. The molecule has 106 valence electrons. The molecule has 0 unspecified atom stereocenters. The Hall–Kier alpha value is -1.49. The molecule has 1 aromatic carbocycles. The molecule has 0 saturated carbocycles. The lowest BCUT2D eigenvalue weighted by molar-refractivity contribution is -0.135. The van der Waals surface area contributed by atoms with E-state index in [0.29, 0.717) is 13.0 Å². The Morgan fingerprint density at radius 1 is 1.15 bits per heavy atom. The van der Waals surface area contributed by atoms with Crippen LogP contribution in [0.2, 0.25) is 0 Å².